The van der Waals surface area contributed by atoms with Crippen LogP contribution in [0.25, 0.3) is 10.8 Å². The van der Waals surface area contributed by atoms with Crippen molar-refractivity contribution in [2.24, 2.45) is 0 Å². The van der Waals surface area contributed by atoms with Crippen LogP contribution in [0.2, 0.25) is 0 Å². The summed E-state index contributed by atoms with van der Waals surface area (Å²) in [5.74, 6) is 0.604. The number of unbranched alkanes of at least 4 members (excludes halogenated alkanes) is 2. The van der Waals surface area contributed by atoms with E-state index in [1.54, 1.807) is 18.2 Å². The maximum Gasteiger partial charge on any atom is 0.193 e. The molecule has 0 heterocycles. The maximum absolute atomic E-state index is 13.0. The molecule has 3 nitrogen and oxygen atoms in total. The highest BCUT2D eigenvalue weighted by Gasteiger charge is 2.14. The molecule has 0 saturated carbocycles. The zero-order chi connectivity index (χ0) is 18.4. The Morgan fingerprint density at radius 3 is 2.62 bits per heavy atom. The van der Waals surface area contributed by atoms with Gasteiger partial charge in [0.25, 0.3) is 0 Å². The molecule has 3 aromatic rings. The van der Waals surface area contributed by atoms with Crippen LogP contribution < -0.4 is 4.74 Å². The number of aliphatic hydroxyl groups is 1. The summed E-state index contributed by atoms with van der Waals surface area (Å²) in [5, 5.41) is 11.7. The zero-order valence-corrected chi connectivity index (χ0v) is 15.1. The normalized spacial score (nSPS) is 10.8. The average molecular weight is 348 g/mol. The minimum atomic E-state index is -0.153. The first-order valence-electron chi connectivity index (χ1n) is 9.13. The van der Waals surface area contributed by atoms with Gasteiger partial charge in [0.15, 0.2) is 5.78 Å². The average Bonchev–Trinajstić information content (AvgIpc) is 2.70. The van der Waals surface area contributed by atoms with Gasteiger partial charge in [-0.2, -0.15) is 0 Å². The van der Waals surface area contributed by atoms with Crippen LogP contribution in [0, 0.1) is 0 Å². The minimum Gasteiger partial charge on any atom is -0.493 e. The summed E-state index contributed by atoms with van der Waals surface area (Å²) in [6.45, 7) is 2.62. The largest absolute Gasteiger partial charge is 0.493 e. The molecule has 0 fully saturated rings. The van der Waals surface area contributed by atoms with E-state index < -0.39 is 0 Å². The van der Waals surface area contributed by atoms with E-state index in [1.165, 1.54) is 0 Å². The van der Waals surface area contributed by atoms with Gasteiger partial charge in [-0.15, -0.1) is 0 Å². The molecule has 0 radical (unpaired) electrons. The first-order chi connectivity index (χ1) is 12.7. The molecule has 0 amide bonds. The summed E-state index contributed by atoms with van der Waals surface area (Å²) in [5.41, 5.74) is 1.88. The number of ketones is 1. The van der Waals surface area contributed by atoms with Crippen LogP contribution in [0.5, 0.6) is 5.75 Å². The van der Waals surface area contributed by atoms with Gasteiger partial charge < -0.3 is 9.84 Å². The summed E-state index contributed by atoms with van der Waals surface area (Å²) in [7, 11) is 0. The lowest BCUT2D eigenvalue weighted by molar-refractivity contribution is 0.104. The first-order valence-corrected chi connectivity index (χ1v) is 9.13. The van der Waals surface area contributed by atoms with Crippen molar-refractivity contribution in [1.29, 1.82) is 0 Å². The number of carbonyl (C=O) groups excluding carboxylic acids is 1. The van der Waals surface area contributed by atoms with E-state index in [-0.39, 0.29) is 12.4 Å². The molecule has 0 unspecified atom stereocenters. The van der Waals surface area contributed by atoms with Crippen molar-refractivity contribution in [3.05, 3.63) is 77.4 Å². The highest BCUT2D eigenvalue weighted by molar-refractivity contribution is 6.16. The van der Waals surface area contributed by atoms with Crippen LogP contribution in [0.15, 0.2) is 60.7 Å². The number of fused-ring (bicyclic) bond motifs is 1. The third kappa shape index (κ3) is 3.94. The third-order valence-electron chi connectivity index (χ3n) is 4.53. The molecule has 0 atom stereocenters. The van der Waals surface area contributed by atoms with E-state index in [9.17, 15) is 9.90 Å². The lowest BCUT2D eigenvalue weighted by atomic mass is 9.96. The molecular formula is C23H24O3. The molecule has 0 aliphatic carbocycles. The molecule has 26 heavy (non-hydrogen) atoms. The molecule has 1 N–H and O–H groups in total. The fourth-order valence-corrected chi connectivity index (χ4v) is 3.10. The van der Waals surface area contributed by atoms with Crippen molar-refractivity contribution in [2.75, 3.05) is 6.61 Å². The molecule has 0 saturated heterocycles. The van der Waals surface area contributed by atoms with Gasteiger partial charge in [0.1, 0.15) is 5.75 Å². The highest BCUT2D eigenvalue weighted by Crippen LogP contribution is 2.25. The number of carbonyl (C=O) groups is 1. The molecule has 3 rings (SSSR count). The SMILES string of the molecule is CCCCCOc1ccc(C(=O)c2cccc3ccccc23)cc1CO. The van der Waals surface area contributed by atoms with Gasteiger partial charge >= 0.3 is 0 Å². The Balaban J connectivity index is 1.87. The predicted molar refractivity (Wildman–Crippen MR) is 105 cm³/mol. The third-order valence-corrected chi connectivity index (χ3v) is 4.53. The topological polar surface area (TPSA) is 46.5 Å². The van der Waals surface area contributed by atoms with Gasteiger partial charge in [-0.3, -0.25) is 4.79 Å². The Morgan fingerprint density at radius 2 is 1.81 bits per heavy atom. The summed E-state index contributed by atoms with van der Waals surface area (Å²) in [4.78, 5) is 13.0. The van der Waals surface area contributed by atoms with Gasteiger partial charge in [-0.05, 0) is 35.4 Å². The van der Waals surface area contributed by atoms with Crippen molar-refractivity contribution in [1.82, 2.24) is 0 Å². The Hall–Kier alpha value is -2.65. The van der Waals surface area contributed by atoms with Crippen LogP contribution >= 0.6 is 0 Å². The minimum absolute atomic E-state index is 0.0472. The number of rotatable bonds is 8. The molecule has 0 aliphatic rings. The molecule has 0 aliphatic heterocycles. The molecule has 0 aromatic heterocycles. The second-order valence-electron chi connectivity index (χ2n) is 6.39. The summed E-state index contributed by atoms with van der Waals surface area (Å²) >= 11 is 0. The van der Waals surface area contributed by atoms with Crippen LogP contribution in [-0.4, -0.2) is 17.5 Å². The number of ether oxygens (including phenoxy) is 1. The van der Waals surface area contributed by atoms with Crippen LogP contribution in [-0.2, 0) is 6.61 Å². The molecule has 0 spiro atoms. The van der Waals surface area contributed by atoms with E-state index in [0.29, 0.717) is 29.0 Å². The molecule has 134 valence electrons. The van der Waals surface area contributed by atoms with Crippen LogP contribution in [0.1, 0.15) is 47.7 Å². The Kier molecular flexibility index (Phi) is 6.03. The van der Waals surface area contributed by atoms with E-state index in [4.69, 9.17) is 4.74 Å². The quantitative estimate of drug-likeness (QED) is 0.453. The first kappa shape index (κ1) is 18.2. The van der Waals surface area contributed by atoms with Gasteiger partial charge in [-0.1, -0.05) is 62.2 Å². The van der Waals surface area contributed by atoms with E-state index in [2.05, 4.69) is 6.92 Å². The van der Waals surface area contributed by atoms with Gasteiger partial charge in [0, 0.05) is 16.7 Å². The summed E-state index contributed by atoms with van der Waals surface area (Å²) in [6.07, 6.45) is 3.23. The van der Waals surface area contributed by atoms with Gasteiger partial charge in [0.2, 0.25) is 0 Å². The maximum atomic E-state index is 13.0. The lowest BCUT2D eigenvalue weighted by Crippen LogP contribution is -2.05. The van der Waals surface area contributed by atoms with Crippen LogP contribution in [0.3, 0.4) is 0 Å². The lowest BCUT2D eigenvalue weighted by Gasteiger charge is -2.12. The Bertz CT molecular complexity index is 894. The fourth-order valence-electron chi connectivity index (χ4n) is 3.10. The van der Waals surface area contributed by atoms with Crippen LogP contribution in [0.4, 0.5) is 0 Å². The smallest absolute Gasteiger partial charge is 0.193 e. The molecule has 3 heteroatoms. The molecular weight excluding hydrogens is 324 g/mol. The Morgan fingerprint density at radius 1 is 1.00 bits per heavy atom. The van der Waals surface area contributed by atoms with Crippen molar-refractivity contribution in [3.63, 3.8) is 0 Å². The number of hydrogen-bond donors (Lipinski definition) is 1. The number of aliphatic hydroxyl groups excluding tert-OH is 1. The van der Waals surface area contributed by atoms with Crippen molar-refractivity contribution in [3.8, 4) is 5.75 Å². The number of benzene rings is 3. The number of hydrogen-bond acceptors (Lipinski definition) is 3. The second kappa shape index (κ2) is 8.63. The van der Waals surface area contributed by atoms with E-state index >= 15 is 0 Å². The summed E-state index contributed by atoms with van der Waals surface area (Å²) in [6, 6.07) is 18.9. The van der Waals surface area contributed by atoms with E-state index in [1.807, 2.05) is 42.5 Å². The van der Waals surface area contributed by atoms with Crippen molar-refractivity contribution < 1.29 is 14.6 Å². The standard InChI is InChI=1S/C23H24O3/c1-2-3-6-14-26-22-13-12-18(15-19(22)16-24)23(25)21-11-7-9-17-8-4-5-10-20(17)21/h4-5,7-13,15,24H,2-3,6,14,16H2,1H3. The van der Waals surface area contributed by atoms with Crippen molar-refractivity contribution >= 4 is 16.6 Å². The fraction of sp³-hybridized carbons (Fsp3) is 0.261. The summed E-state index contributed by atoms with van der Waals surface area (Å²) < 4.78 is 5.77. The van der Waals surface area contributed by atoms with Crippen molar-refractivity contribution in [2.45, 2.75) is 32.8 Å². The molecule has 0 bridgehead atoms. The predicted octanol–water partition coefficient (Wildman–Crippen LogP) is 5.13. The van der Waals surface area contributed by atoms with Gasteiger partial charge in [0.05, 0.1) is 13.2 Å². The second-order valence-corrected chi connectivity index (χ2v) is 6.39. The highest BCUT2D eigenvalue weighted by atomic mass is 16.5. The zero-order valence-electron chi connectivity index (χ0n) is 15.1. The van der Waals surface area contributed by atoms with E-state index in [0.717, 1.165) is 30.0 Å². The molecule has 3 aromatic carbocycles. The monoisotopic (exact) mass is 348 g/mol. The van der Waals surface area contributed by atoms with Gasteiger partial charge in [-0.25, -0.2) is 0 Å². The Labute approximate surface area is 154 Å².